The molecule has 4 atom stereocenters. The lowest BCUT2D eigenvalue weighted by molar-refractivity contribution is -0.114. The molecule has 0 radical (unpaired) electrons. The Morgan fingerprint density at radius 1 is 0.981 bits per heavy atom. The van der Waals surface area contributed by atoms with Crippen LogP contribution in [0.25, 0.3) is 33.0 Å². The molecule has 0 aliphatic carbocycles. The van der Waals surface area contributed by atoms with Crippen molar-refractivity contribution in [2.75, 3.05) is 47.3 Å². The number of amides is 1. The lowest BCUT2D eigenvalue weighted by Gasteiger charge is -2.37. The number of hydrogen-bond donors (Lipinski definition) is 2. The number of carbonyl (C=O) groups excluding carboxylic acids is 1. The van der Waals surface area contributed by atoms with Gasteiger partial charge in [0.05, 0.1) is 27.4 Å². The first-order chi connectivity index (χ1) is 25.1. The number of ether oxygens (including phenoxy) is 4. The van der Waals surface area contributed by atoms with Gasteiger partial charge >= 0.3 is 5.69 Å². The maximum absolute atomic E-state index is 13.1. The maximum atomic E-state index is 13.1. The van der Waals surface area contributed by atoms with Crippen molar-refractivity contribution >= 4 is 30.8 Å². The van der Waals surface area contributed by atoms with E-state index in [1.54, 1.807) is 21.3 Å². The van der Waals surface area contributed by atoms with Crippen LogP contribution in [0.4, 0.5) is 5.82 Å². The molecule has 0 bridgehead atoms. The van der Waals surface area contributed by atoms with Gasteiger partial charge in [0.2, 0.25) is 5.91 Å². The number of aromatic nitrogens is 2. The van der Waals surface area contributed by atoms with Crippen molar-refractivity contribution in [2.24, 2.45) is 0 Å². The number of anilines is 1. The van der Waals surface area contributed by atoms with Crippen LogP contribution in [0.2, 0.25) is 0 Å². The summed E-state index contributed by atoms with van der Waals surface area (Å²) in [6, 6.07) is 27.6. The first kappa shape index (κ1) is 37.1. The topological polar surface area (TPSA) is 134 Å². The second-order valence-electron chi connectivity index (χ2n) is 12.6. The van der Waals surface area contributed by atoms with Crippen molar-refractivity contribution in [3.8, 4) is 33.8 Å². The van der Waals surface area contributed by atoms with Crippen molar-refractivity contribution in [3.05, 3.63) is 107 Å². The number of nitrogens with one attached hydrogen (secondary N) is 1. The summed E-state index contributed by atoms with van der Waals surface area (Å²) in [5, 5.41) is 15.3. The van der Waals surface area contributed by atoms with Gasteiger partial charge in [0, 0.05) is 37.8 Å². The number of hydrogen-bond acceptors (Lipinski definition) is 10. The Morgan fingerprint density at radius 3 is 2.29 bits per heavy atom. The van der Waals surface area contributed by atoms with Gasteiger partial charge in [0.25, 0.3) is 0 Å². The van der Waals surface area contributed by atoms with E-state index in [-0.39, 0.29) is 31.4 Å². The van der Waals surface area contributed by atoms with Gasteiger partial charge in [-0.05, 0) is 65.8 Å². The third kappa shape index (κ3) is 7.31. The minimum absolute atomic E-state index is 0.0201. The van der Waals surface area contributed by atoms with E-state index < -0.39 is 31.7 Å². The van der Waals surface area contributed by atoms with E-state index in [0.717, 1.165) is 44.3 Å². The number of fused-ring (bicyclic) bond motifs is 1. The fourth-order valence-corrected chi connectivity index (χ4v) is 8.93. The molecule has 1 aliphatic heterocycles. The van der Waals surface area contributed by atoms with Crippen LogP contribution in [0.3, 0.4) is 0 Å². The zero-order chi connectivity index (χ0) is 37.0. The summed E-state index contributed by atoms with van der Waals surface area (Å²) in [5.41, 5.74) is 3.94. The third-order valence-electron chi connectivity index (χ3n) is 9.07. The molecule has 2 heterocycles. The van der Waals surface area contributed by atoms with Crippen LogP contribution >= 0.6 is 8.30 Å². The lowest BCUT2D eigenvalue weighted by Crippen LogP contribution is -2.42. The number of carbonyl (C=O) groups is 1. The second kappa shape index (κ2) is 15.9. The molecule has 1 saturated heterocycles. The van der Waals surface area contributed by atoms with Crippen molar-refractivity contribution in [2.45, 2.75) is 37.6 Å². The van der Waals surface area contributed by atoms with E-state index in [1.807, 2.05) is 79.4 Å². The number of benzene rings is 4. The highest BCUT2D eigenvalue weighted by molar-refractivity contribution is 7.51. The molecule has 1 fully saturated rings. The second-order valence-corrected chi connectivity index (χ2v) is 15.0. The number of para-hydroxylation sites is 2. The van der Waals surface area contributed by atoms with E-state index in [2.05, 4.69) is 28.5 Å². The molecular weight excluding hydrogens is 683 g/mol. The zero-order valence-electron chi connectivity index (χ0n) is 30.0. The van der Waals surface area contributed by atoms with E-state index in [0.29, 0.717) is 5.75 Å². The molecule has 12 nitrogen and oxygen atoms in total. The Morgan fingerprint density at radius 2 is 1.63 bits per heavy atom. The van der Waals surface area contributed by atoms with Crippen molar-refractivity contribution < 1.29 is 33.4 Å². The summed E-state index contributed by atoms with van der Waals surface area (Å²) in [5.74, 6) is 1.21. The first-order valence-electron chi connectivity index (χ1n) is 16.7. The van der Waals surface area contributed by atoms with Gasteiger partial charge in [-0.25, -0.2) is 4.79 Å². The Balaban J connectivity index is 1.41. The Kier molecular flexibility index (Phi) is 11.4. The lowest BCUT2D eigenvalue weighted by atomic mass is 9.86. The third-order valence-corrected chi connectivity index (χ3v) is 11.3. The highest BCUT2D eigenvalue weighted by Crippen LogP contribution is 2.59. The predicted octanol–water partition coefficient (Wildman–Crippen LogP) is 6.42. The van der Waals surface area contributed by atoms with E-state index in [1.165, 1.54) is 23.8 Å². The van der Waals surface area contributed by atoms with Crippen LogP contribution in [0, 0.1) is 0 Å². The summed E-state index contributed by atoms with van der Waals surface area (Å²) in [4.78, 5) is 28.6. The van der Waals surface area contributed by atoms with Gasteiger partial charge in [-0.2, -0.15) is 4.98 Å². The summed E-state index contributed by atoms with van der Waals surface area (Å²) < 4.78 is 33.7. The molecule has 0 saturated carbocycles. The quantitative estimate of drug-likeness (QED) is 0.131. The molecule has 5 aromatic rings. The van der Waals surface area contributed by atoms with Crippen LogP contribution in [-0.4, -0.2) is 78.7 Å². The Labute approximate surface area is 303 Å². The molecule has 0 spiro atoms. The average molecular weight is 727 g/mol. The number of aliphatic hydroxyl groups is 1. The van der Waals surface area contributed by atoms with Gasteiger partial charge in [0.1, 0.15) is 37.9 Å². The molecule has 1 unspecified atom stereocenters. The molecule has 4 aromatic carbocycles. The summed E-state index contributed by atoms with van der Waals surface area (Å²) in [7, 11) is 6.89. The van der Waals surface area contributed by atoms with Crippen molar-refractivity contribution in [3.63, 3.8) is 0 Å². The first-order valence-corrected chi connectivity index (χ1v) is 18.0. The van der Waals surface area contributed by atoms with Gasteiger partial charge < -0.3 is 33.9 Å². The minimum Gasteiger partial charge on any atom is -0.496 e. The normalized spacial score (nSPS) is 19.2. The molecule has 2 N–H and O–H groups in total. The number of methoxy groups -OCH3 is 2. The van der Waals surface area contributed by atoms with E-state index >= 15 is 0 Å². The van der Waals surface area contributed by atoms with Crippen LogP contribution in [0.15, 0.2) is 95.9 Å². The summed E-state index contributed by atoms with van der Waals surface area (Å²) in [6.45, 7) is 1.47. The molecular formula is C39H43N4O8P. The number of rotatable bonds is 13. The molecule has 52 heavy (non-hydrogen) atoms. The fourth-order valence-electron chi connectivity index (χ4n) is 6.90. The fraction of sp³-hybridized carbons (Fsp3) is 0.308. The molecule has 1 amide bonds. The molecule has 1 aliphatic rings. The summed E-state index contributed by atoms with van der Waals surface area (Å²) >= 11 is 0. The standard InChI is InChI=1S/C39H43N4O8P/c1-25(44)40-35-19-20-43(38(45)41-35)36-22-39(46,52(49-6)42(2)3)34(51-36)24-50-23-31-27-14-8-7-13-26(27)21-30(28-15-9-11-17-32(28)47-4)37(31)29-16-10-12-18-33(29)48-5/h7-21,34,36,46H,22-24H2,1-6H3,(H,40,41,44,45)/t34-,36-,39+,52?/m1/s1. The Hall–Kier alpha value is -4.68. The molecule has 1 aromatic heterocycles. The van der Waals surface area contributed by atoms with Gasteiger partial charge in [-0.3, -0.25) is 14.0 Å². The monoisotopic (exact) mass is 726 g/mol. The molecule has 13 heteroatoms. The number of nitrogens with zero attached hydrogens (tertiary/aromatic N) is 3. The Bertz CT molecular complexity index is 2120. The van der Waals surface area contributed by atoms with Crippen LogP contribution in [0.1, 0.15) is 25.1 Å². The zero-order valence-corrected chi connectivity index (χ0v) is 30.9. The van der Waals surface area contributed by atoms with Crippen LogP contribution in [-0.2, 0) is 25.4 Å². The average Bonchev–Trinajstić information content (AvgIpc) is 3.46. The predicted molar refractivity (Wildman–Crippen MR) is 201 cm³/mol. The van der Waals surface area contributed by atoms with Gasteiger partial charge in [0.15, 0.2) is 5.34 Å². The minimum atomic E-state index is -1.61. The van der Waals surface area contributed by atoms with E-state index in [4.69, 9.17) is 23.5 Å². The van der Waals surface area contributed by atoms with Crippen LogP contribution in [0.5, 0.6) is 11.5 Å². The SMILES string of the molecule is COc1ccccc1-c1cc2ccccc2c(COC[C@H]2O[C@@H](n3ccc(NC(C)=O)nc3=O)C[C@]2(O)P(OC)N(C)C)c1-c1ccccc1OC. The van der Waals surface area contributed by atoms with E-state index in [9.17, 15) is 14.7 Å². The molecule has 6 rings (SSSR count). The van der Waals surface area contributed by atoms with Gasteiger partial charge in [-0.15, -0.1) is 0 Å². The highest BCUT2D eigenvalue weighted by atomic mass is 31.2. The largest absolute Gasteiger partial charge is 0.496 e. The maximum Gasteiger partial charge on any atom is 0.351 e. The van der Waals surface area contributed by atoms with Gasteiger partial charge in [-0.1, -0.05) is 60.7 Å². The molecule has 272 valence electrons. The van der Waals surface area contributed by atoms with Crippen LogP contribution < -0.4 is 20.5 Å². The van der Waals surface area contributed by atoms with Crippen molar-refractivity contribution in [1.29, 1.82) is 0 Å². The highest BCUT2D eigenvalue weighted by Gasteiger charge is 2.55. The smallest absolute Gasteiger partial charge is 0.351 e. The summed E-state index contributed by atoms with van der Waals surface area (Å²) in [6.07, 6.45) is -0.220. The van der Waals surface area contributed by atoms with Crippen molar-refractivity contribution in [1.82, 2.24) is 14.2 Å².